The maximum atomic E-state index is 12.3. The highest BCUT2D eigenvalue weighted by Crippen LogP contribution is 2.11. The Labute approximate surface area is 112 Å². The number of amides is 1. The number of rotatable bonds is 4. The average molecular weight is 287 g/mol. The molecule has 0 aromatic carbocycles. The van der Waals surface area contributed by atoms with Crippen LogP contribution in [0.25, 0.3) is 0 Å². The summed E-state index contributed by atoms with van der Waals surface area (Å²) in [7, 11) is 0. The quantitative estimate of drug-likeness (QED) is 0.878. The van der Waals surface area contributed by atoms with E-state index in [9.17, 15) is 13.6 Å². The summed E-state index contributed by atoms with van der Waals surface area (Å²) in [5.41, 5.74) is 0.120. The molecule has 100 valence electrons. The number of alkyl halides is 2. The second-order valence-corrected chi connectivity index (χ2v) is 3.94. The van der Waals surface area contributed by atoms with Crippen LogP contribution >= 0.6 is 11.6 Å². The van der Waals surface area contributed by atoms with E-state index in [-0.39, 0.29) is 16.8 Å². The number of nitrogens with one attached hydrogen (secondary N) is 1. The molecule has 1 N–H and O–H groups in total. The molecule has 0 aliphatic heterocycles. The third kappa shape index (κ3) is 3.47. The number of anilines is 1. The minimum Gasteiger partial charge on any atom is -0.338 e. The number of nitrogens with zero attached hydrogens (tertiary/aromatic N) is 3. The van der Waals surface area contributed by atoms with Crippen LogP contribution in [0.2, 0.25) is 5.28 Å². The second-order valence-electron chi connectivity index (χ2n) is 3.60. The van der Waals surface area contributed by atoms with Gasteiger partial charge in [-0.25, -0.2) is 18.7 Å². The van der Waals surface area contributed by atoms with Crippen molar-refractivity contribution in [1.82, 2.24) is 14.5 Å². The van der Waals surface area contributed by atoms with Crippen LogP contribution in [-0.4, -0.2) is 26.9 Å². The Balaban J connectivity index is 2.14. The van der Waals surface area contributed by atoms with Gasteiger partial charge in [0.05, 0.1) is 6.54 Å². The van der Waals surface area contributed by atoms with Gasteiger partial charge >= 0.3 is 0 Å². The van der Waals surface area contributed by atoms with Gasteiger partial charge in [-0.05, 0) is 29.8 Å². The second kappa shape index (κ2) is 5.75. The van der Waals surface area contributed by atoms with Gasteiger partial charge in [-0.1, -0.05) is 0 Å². The predicted molar refractivity (Wildman–Crippen MR) is 65.4 cm³/mol. The van der Waals surface area contributed by atoms with Crippen LogP contribution in [0.1, 0.15) is 10.5 Å². The van der Waals surface area contributed by atoms with Crippen molar-refractivity contribution in [2.45, 2.75) is 13.0 Å². The molecular weight excluding hydrogens is 278 g/mol. The fourth-order valence-electron chi connectivity index (χ4n) is 1.51. The molecule has 8 heteroatoms. The van der Waals surface area contributed by atoms with Crippen molar-refractivity contribution in [2.75, 3.05) is 5.32 Å². The molecule has 0 radical (unpaired) electrons. The highest BCUT2D eigenvalue weighted by Gasteiger charge is 2.14. The normalized spacial score (nSPS) is 10.7. The van der Waals surface area contributed by atoms with Crippen molar-refractivity contribution in [3.8, 4) is 0 Å². The van der Waals surface area contributed by atoms with Crippen molar-refractivity contribution in [1.29, 1.82) is 0 Å². The van der Waals surface area contributed by atoms with E-state index in [1.807, 2.05) is 0 Å². The van der Waals surface area contributed by atoms with Crippen LogP contribution in [0.15, 0.2) is 30.6 Å². The number of halogens is 3. The molecule has 0 bridgehead atoms. The number of carbonyl (C=O) groups is 1. The minimum atomic E-state index is -2.53. The average Bonchev–Trinajstić information content (AvgIpc) is 2.76. The maximum absolute atomic E-state index is 12.3. The highest BCUT2D eigenvalue weighted by atomic mass is 35.5. The first-order valence-corrected chi connectivity index (χ1v) is 5.67. The van der Waals surface area contributed by atoms with Gasteiger partial charge < -0.3 is 9.88 Å². The summed E-state index contributed by atoms with van der Waals surface area (Å²) in [5, 5.41) is 2.45. The number of hydrogen-bond acceptors (Lipinski definition) is 3. The molecule has 0 atom stereocenters. The van der Waals surface area contributed by atoms with E-state index >= 15 is 0 Å². The molecule has 5 nitrogen and oxygen atoms in total. The zero-order valence-corrected chi connectivity index (χ0v) is 10.3. The third-order valence-corrected chi connectivity index (χ3v) is 2.45. The Morgan fingerprint density at radius 1 is 1.47 bits per heavy atom. The largest absolute Gasteiger partial charge is 0.338 e. The fourth-order valence-corrected chi connectivity index (χ4v) is 1.66. The molecule has 2 heterocycles. The van der Waals surface area contributed by atoms with E-state index in [0.29, 0.717) is 0 Å². The molecule has 0 unspecified atom stereocenters. The fraction of sp³-hybridized carbons (Fsp3) is 0.182. The smallest absolute Gasteiger partial charge is 0.273 e. The Kier molecular flexibility index (Phi) is 4.06. The lowest BCUT2D eigenvalue weighted by molar-refractivity contribution is 0.0997. The number of aromatic nitrogens is 3. The topological polar surface area (TPSA) is 59.8 Å². The molecule has 1 amide bonds. The molecule has 19 heavy (non-hydrogen) atoms. The third-order valence-electron chi connectivity index (χ3n) is 2.26. The van der Waals surface area contributed by atoms with E-state index in [2.05, 4.69) is 15.3 Å². The van der Waals surface area contributed by atoms with Crippen molar-refractivity contribution >= 4 is 23.3 Å². The monoisotopic (exact) mass is 286 g/mol. The van der Waals surface area contributed by atoms with Gasteiger partial charge in [-0.15, -0.1) is 0 Å². The van der Waals surface area contributed by atoms with Gasteiger partial charge in [0, 0.05) is 12.4 Å². The van der Waals surface area contributed by atoms with Crippen LogP contribution in [0, 0.1) is 0 Å². The van der Waals surface area contributed by atoms with Gasteiger partial charge in [-0.3, -0.25) is 4.79 Å². The first kappa shape index (κ1) is 13.4. The van der Waals surface area contributed by atoms with Crippen molar-refractivity contribution in [2.24, 2.45) is 0 Å². The van der Waals surface area contributed by atoms with Crippen molar-refractivity contribution in [3.63, 3.8) is 0 Å². The van der Waals surface area contributed by atoms with Gasteiger partial charge in [-0.2, -0.15) is 0 Å². The zero-order chi connectivity index (χ0) is 13.8. The van der Waals surface area contributed by atoms with Crippen molar-refractivity contribution in [3.05, 3.63) is 41.6 Å². The highest BCUT2D eigenvalue weighted by molar-refractivity contribution is 6.28. The van der Waals surface area contributed by atoms with Crippen LogP contribution in [0.4, 0.5) is 14.6 Å². The molecule has 0 aliphatic carbocycles. The summed E-state index contributed by atoms with van der Waals surface area (Å²) in [5.74, 6) is -0.338. The van der Waals surface area contributed by atoms with Crippen LogP contribution < -0.4 is 5.32 Å². The first-order valence-electron chi connectivity index (χ1n) is 5.29. The minimum absolute atomic E-state index is 0.0132. The molecule has 0 saturated heterocycles. The Morgan fingerprint density at radius 3 is 2.95 bits per heavy atom. The van der Waals surface area contributed by atoms with E-state index < -0.39 is 18.9 Å². The lowest BCUT2D eigenvalue weighted by Gasteiger charge is -2.08. The van der Waals surface area contributed by atoms with E-state index in [0.717, 1.165) is 0 Å². The molecule has 2 rings (SSSR count). The molecule has 2 aromatic heterocycles. The summed E-state index contributed by atoms with van der Waals surface area (Å²) in [6.07, 6.45) is 0.254. The van der Waals surface area contributed by atoms with E-state index in [1.165, 1.54) is 35.2 Å². The lowest BCUT2D eigenvalue weighted by atomic mass is 10.4. The Bertz CT molecular complexity index is 588. The standard InChI is InChI=1S/C11H9ClF2N4O/c12-11-15-4-3-9(17-11)16-10(19)7-2-1-5-18(7)6-8(13)14/h1-5,8H,6H2,(H,15,16,17,19). The number of hydrogen-bond donors (Lipinski definition) is 1. The first-order chi connectivity index (χ1) is 9.06. The molecule has 0 fully saturated rings. The summed E-state index contributed by atoms with van der Waals surface area (Å²) < 4.78 is 25.8. The molecule has 0 saturated carbocycles. The van der Waals surface area contributed by atoms with Gasteiger partial charge in [0.1, 0.15) is 11.5 Å². The van der Waals surface area contributed by atoms with Crippen LogP contribution in [0.5, 0.6) is 0 Å². The molecule has 0 spiro atoms. The maximum Gasteiger partial charge on any atom is 0.273 e. The Hall–Kier alpha value is -2.02. The SMILES string of the molecule is O=C(Nc1ccnc(Cl)n1)c1cccn1CC(F)F. The zero-order valence-electron chi connectivity index (χ0n) is 9.55. The van der Waals surface area contributed by atoms with Crippen LogP contribution in [0.3, 0.4) is 0 Å². The molecule has 0 aliphatic rings. The summed E-state index contributed by atoms with van der Waals surface area (Å²) in [4.78, 5) is 19.4. The van der Waals surface area contributed by atoms with E-state index in [4.69, 9.17) is 11.6 Å². The lowest BCUT2D eigenvalue weighted by Crippen LogP contribution is -2.19. The summed E-state index contributed by atoms with van der Waals surface area (Å²) in [6.45, 7) is -0.541. The van der Waals surface area contributed by atoms with Gasteiger partial charge in [0.25, 0.3) is 12.3 Å². The summed E-state index contributed by atoms with van der Waals surface area (Å²) >= 11 is 5.58. The Morgan fingerprint density at radius 2 is 2.26 bits per heavy atom. The molecular formula is C11H9ClF2N4O. The van der Waals surface area contributed by atoms with Crippen molar-refractivity contribution < 1.29 is 13.6 Å². The number of carbonyl (C=O) groups excluding carboxylic acids is 1. The van der Waals surface area contributed by atoms with Gasteiger partial charge in [0.2, 0.25) is 5.28 Å². The predicted octanol–water partition coefficient (Wildman–Crippen LogP) is 2.45. The van der Waals surface area contributed by atoms with Crippen LogP contribution in [-0.2, 0) is 6.54 Å². The van der Waals surface area contributed by atoms with E-state index in [1.54, 1.807) is 0 Å². The molecule has 2 aromatic rings. The summed E-state index contributed by atoms with van der Waals surface area (Å²) in [6, 6.07) is 4.41. The van der Waals surface area contributed by atoms with Gasteiger partial charge in [0.15, 0.2) is 0 Å².